The van der Waals surface area contributed by atoms with E-state index in [0.717, 1.165) is 12.8 Å². The number of hydrogen-bond acceptors (Lipinski definition) is 4. The third-order valence-electron chi connectivity index (χ3n) is 7.59. The second-order valence-corrected chi connectivity index (χ2v) is 9.82. The first kappa shape index (κ1) is 23.1. The van der Waals surface area contributed by atoms with Crippen LogP contribution in [0.1, 0.15) is 50.4 Å². The summed E-state index contributed by atoms with van der Waals surface area (Å²) in [6, 6.07) is 6.34. The molecule has 2 aliphatic rings. The molecule has 5 heteroatoms. The van der Waals surface area contributed by atoms with Crippen molar-refractivity contribution in [3.05, 3.63) is 70.2 Å². The van der Waals surface area contributed by atoms with Gasteiger partial charge in [-0.15, -0.1) is 0 Å². The molecule has 1 fully saturated rings. The zero-order valence-electron chi connectivity index (χ0n) is 19.8. The fraction of sp³-hybridized carbons (Fsp3) is 0.429. The maximum Gasteiger partial charge on any atom is 0.265 e. The van der Waals surface area contributed by atoms with Crippen molar-refractivity contribution in [2.24, 2.45) is 36.6 Å². The maximum absolute atomic E-state index is 13.9. The molecule has 1 aromatic carbocycles. The normalized spacial score (nSPS) is 27.3. The molecule has 0 amide bonds. The largest absolute Gasteiger partial charge is 0.508 e. The van der Waals surface area contributed by atoms with E-state index in [-0.39, 0.29) is 28.8 Å². The van der Waals surface area contributed by atoms with E-state index in [2.05, 4.69) is 19.9 Å². The molecule has 1 saturated carbocycles. The Balaban J connectivity index is 1.83. The highest BCUT2D eigenvalue weighted by Crippen LogP contribution is 2.49. The number of carbonyl (C=O) groups excluding carboxylic acids is 1. The van der Waals surface area contributed by atoms with Crippen molar-refractivity contribution in [3.8, 4) is 22.6 Å². The Morgan fingerprint density at radius 2 is 1.85 bits per heavy atom. The van der Waals surface area contributed by atoms with Crippen LogP contribution in [0.3, 0.4) is 0 Å². The van der Waals surface area contributed by atoms with E-state index in [9.17, 15) is 19.8 Å². The second kappa shape index (κ2) is 9.05. The van der Waals surface area contributed by atoms with E-state index < -0.39 is 11.5 Å². The van der Waals surface area contributed by atoms with Gasteiger partial charge in [0.25, 0.3) is 5.56 Å². The van der Waals surface area contributed by atoms with Gasteiger partial charge in [-0.3, -0.25) is 9.59 Å². The van der Waals surface area contributed by atoms with Crippen molar-refractivity contribution < 1.29 is 15.0 Å². The van der Waals surface area contributed by atoms with E-state index in [1.807, 2.05) is 19.1 Å². The first-order chi connectivity index (χ1) is 15.7. The lowest BCUT2D eigenvalue weighted by molar-refractivity contribution is 0.0803. The van der Waals surface area contributed by atoms with Crippen LogP contribution in [0.15, 0.2) is 59.1 Å². The van der Waals surface area contributed by atoms with Crippen LogP contribution in [0.25, 0.3) is 11.1 Å². The molecular weight excluding hydrogens is 414 g/mol. The van der Waals surface area contributed by atoms with Gasteiger partial charge in [0.1, 0.15) is 17.1 Å². The third-order valence-corrected chi connectivity index (χ3v) is 7.59. The standard InChI is InChI=1S/C28H33NO4/c1-5-6-21-22-13-16(2)7-12-20(22)17(3)14-23(21)26(31)25-27(32)24(15-29(4)28(25)33)18-8-10-19(30)11-9-18/h5-6,8-11,14-16,20-23,30,32H,7,12-13H2,1-4H3/b6-5+/t16-,20+,21+,22-,23+/m0/s1. The van der Waals surface area contributed by atoms with Crippen LogP contribution < -0.4 is 5.56 Å². The smallest absolute Gasteiger partial charge is 0.265 e. The predicted octanol–water partition coefficient (Wildman–Crippen LogP) is 5.47. The van der Waals surface area contributed by atoms with Crippen molar-refractivity contribution >= 4 is 5.78 Å². The van der Waals surface area contributed by atoms with E-state index in [0.29, 0.717) is 28.9 Å². The Morgan fingerprint density at radius 3 is 2.52 bits per heavy atom. The van der Waals surface area contributed by atoms with Crippen molar-refractivity contribution in [1.29, 1.82) is 0 Å². The molecule has 5 atom stereocenters. The van der Waals surface area contributed by atoms with E-state index in [1.165, 1.54) is 34.9 Å². The topological polar surface area (TPSA) is 79.5 Å². The summed E-state index contributed by atoms with van der Waals surface area (Å²) in [7, 11) is 1.59. The zero-order valence-corrected chi connectivity index (χ0v) is 19.8. The predicted molar refractivity (Wildman–Crippen MR) is 130 cm³/mol. The summed E-state index contributed by atoms with van der Waals surface area (Å²) in [4.78, 5) is 27.0. The molecule has 2 aliphatic carbocycles. The van der Waals surface area contributed by atoms with Crippen molar-refractivity contribution in [2.75, 3.05) is 0 Å². The van der Waals surface area contributed by atoms with Crippen LogP contribution in [-0.4, -0.2) is 20.6 Å². The molecule has 0 unspecified atom stereocenters. The second-order valence-electron chi connectivity index (χ2n) is 9.82. The molecule has 0 spiro atoms. The highest BCUT2D eigenvalue weighted by Gasteiger charge is 2.43. The molecule has 0 bridgehead atoms. The first-order valence-electron chi connectivity index (χ1n) is 11.8. The number of ketones is 1. The quantitative estimate of drug-likeness (QED) is 0.481. The third kappa shape index (κ3) is 4.17. The Hall–Kier alpha value is -3.08. The number of hydrogen-bond donors (Lipinski definition) is 2. The molecule has 5 nitrogen and oxygen atoms in total. The van der Waals surface area contributed by atoms with Crippen molar-refractivity contribution in [3.63, 3.8) is 0 Å². The number of benzene rings is 1. The van der Waals surface area contributed by atoms with Crippen LogP contribution in [-0.2, 0) is 7.05 Å². The van der Waals surface area contributed by atoms with Crippen LogP contribution in [0, 0.1) is 29.6 Å². The van der Waals surface area contributed by atoms with Gasteiger partial charge in [-0.2, -0.15) is 0 Å². The number of Topliss-reactive ketones (excluding diaryl/α,β-unsaturated/α-hetero) is 1. The number of aromatic nitrogens is 1. The molecule has 2 aromatic rings. The van der Waals surface area contributed by atoms with Gasteiger partial charge in [0.2, 0.25) is 0 Å². The minimum Gasteiger partial charge on any atom is -0.508 e. The number of phenolic OH excluding ortho intramolecular Hbond substituents is 1. The monoisotopic (exact) mass is 447 g/mol. The van der Waals surface area contributed by atoms with Crippen LogP contribution in [0.4, 0.5) is 0 Å². The number of nitrogens with zero attached hydrogens (tertiary/aromatic N) is 1. The van der Waals surface area contributed by atoms with Gasteiger partial charge in [0.15, 0.2) is 5.78 Å². The first-order valence-corrected chi connectivity index (χ1v) is 11.8. The van der Waals surface area contributed by atoms with Gasteiger partial charge in [-0.25, -0.2) is 0 Å². The van der Waals surface area contributed by atoms with Gasteiger partial charge < -0.3 is 14.8 Å². The Kier molecular flexibility index (Phi) is 6.33. The van der Waals surface area contributed by atoms with Gasteiger partial charge in [0, 0.05) is 24.7 Å². The summed E-state index contributed by atoms with van der Waals surface area (Å²) in [5.41, 5.74) is 1.58. The lowest BCUT2D eigenvalue weighted by atomic mass is 9.59. The molecule has 0 radical (unpaired) electrons. The Bertz CT molecular complexity index is 1170. The summed E-state index contributed by atoms with van der Waals surface area (Å²) < 4.78 is 1.35. The lowest BCUT2D eigenvalue weighted by Crippen LogP contribution is -2.41. The fourth-order valence-corrected chi connectivity index (χ4v) is 5.90. The highest BCUT2D eigenvalue weighted by molar-refractivity contribution is 6.03. The van der Waals surface area contributed by atoms with Gasteiger partial charge in [0.05, 0.1) is 0 Å². The molecular formula is C28H33NO4. The fourth-order valence-electron chi connectivity index (χ4n) is 5.90. The van der Waals surface area contributed by atoms with Gasteiger partial charge in [-0.05, 0) is 68.1 Å². The van der Waals surface area contributed by atoms with Crippen molar-refractivity contribution in [1.82, 2.24) is 4.57 Å². The summed E-state index contributed by atoms with van der Waals surface area (Å²) in [5, 5.41) is 20.8. The summed E-state index contributed by atoms with van der Waals surface area (Å²) in [5.74, 6) is 0.432. The lowest BCUT2D eigenvalue weighted by Gasteiger charge is -2.45. The highest BCUT2D eigenvalue weighted by atomic mass is 16.3. The summed E-state index contributed by atoms with van der Waals surface area (Å²) >= 11 is 0. The summed E-state index contributed by atoms with van der Waals surface area (Å²) in [6.45, 7) is 6.34. The van der Waals surface area contributed by atoms with Gasteiger partial charge >= 0.3 is 0 Å². The Morgan fingerprint density at radius 1 is 1.15 bits per heavy atom. The molecule has 2 N–H and O–H groups in total. The van der Waals surface area contributed by atoms with Crippen molar-refractivity contribution in [2.45, 2.75) is 40.0 Å². The van der Waals surface area contributed by atoms with E-state index >= 15 is 0 Å². The molecule has 4 rings (SSSR count). The van der Waals surface area contributed by atoms with Gasteiger partial charge in [-0.1, -0.05) is 49.3 Å². The molecule has 1 aromatic heterocycles. The molecule has 0 saturated heterocycles. The average Bonchev–Trinajstić information content (AvgIpc) is 2.78. The molecule has 0 aliphatic heterocycles. The number of aromatic hydroxyl groups is 2. The summed E-state index contributed by atoms with van der Waals surface area (Å²) in [6.07, 6.45) is 11.1. The molecule has 33 heavy (non-hydrogen) atoms. The SMILES string of the molecule is C/C=C/[C@@H]1[C@H]2C[C@@H](C)CC[C@@H]2C(C)=C[C@H]1C(=O)c1c(O)c(-c2ccc(O)cc2)cn(C)c1=O. The van der Waals surface area contributed by atoms with Crippen LogP contribution in [0.5, 0.6) is 11.5 Å². The number of phenols is 1. The van der Waals surface area contributed by atoms with Crippen LogP contribution >= 0.6 is 0 Å². The number of carbonyl (C=O) groups is 1. The van der Waals surface area contributed by atoms with E-state index in [4.69, 9.17) is 0 Å². The minimum absolute atomic E-state index is 0.000356. The Labute approximate surface area is 195 Å². The maximum atomic E-state index is 13.9. The van der Waals surface area contributed by atoms with Crippen LogP contribution in [0.2, 0.25) is 0 Å². The van der Waals surface area contributed by atoms with E-state index in [1.54, 1.807) is 19.2 Å². The molecule has 174 valence electrons. The number of allylic oxidation sites excluding steroid dienone is 4. The number of pyridine rings is 1. The number of rotatable bonds is 4. The average molecular weight is 448 g/mol. The zero-order chi connectivity index (χ0) is 23.9. The number of aryl methyl sites for hydroxylation is 1. The number of fused-ring (bicyclic) bond motifs is 1. The molecule has 1 heterocycles. The minimum atomic E-state index is -0.496.